The molecule has 1 unspecified atom stereocenters. The molecule has 4 rings (SSSR count). The van der Waals surface area contributed by atoms with Gasteiger partial charge in [0, 0.05) is 36.5 Å². The standard InChI is InChI=1S/C24H24FN5O2/c1-3-32-24-19-9-6-17(23(31)28-14-15(2)12-21-26-10-11-27-21)13-20(19)29-22(30-24)16-4-7-18(25)8-5-16/h4-11,13,15H,3,12,14H2,1-2H3,(H,26,27)(H,28,31). The Morgan fingerprint density at radius 1 is 1.19 bits per heavy atom. The molecule has 2 aromatic heterocycles. The number of imidazole rings is 1. The molecule has 1 amide bonds. The minimum absolute atomic E-state index is 0.182. The molecule has 4 aromatic rings. The van der Waals surface area contributed by atoms with Gasteiger partial charge in [0.05, 0.1) is 17.5 Å². The number of hydrogen-bond acceptors (Lipinski definition) is 5. The van der Waals surface area contributed by atoms with Gasteiger partial charge < -0.3 is 15.0 Å². The first-order valence-corrected chi connectivity index (χ1v) is 10.5. The van der Waals surface area contributed by atoms with Crippen LogP contribution in [0.15, 0.2) is 54.9 Å². The van der Waals surface area contributed by atoms with Crippen LogP contribution in [0.4, 0.5) is 4.39 Å². The number of carbonyl (C=O) groups excluding carboxylic acids is 1. The summed E-state index contributed by atoms with van der Waals surface area (Å²) in [6.07, 6.45) is 4.25. The van der Waals surface area contributed by atoms with E-state index in [1.165, 1.54) is 12.1 Å². The van der Waals surface area contributed by atoms with Gasteiger partial charge in [-0.25, -0.2) is 14.4 Å². The second-order valence-corrected chi connectivity index (χ2v) is 7.58. The Kier molecular flexibility index (Phi) is 6.39. The number of rotatable bonds is 8. The van der Waals surface area contributed by atoms with Crippen LogP contribution in [0.5, 0.6) is 5.88 Å². The summed E-state index contributed by atoms with van der Waals surface area (Å²) in [5, 5.41) is 3.68. The van der Waals surface area contributed by atoms with E-state index in [2.05, 4.69) is 32.2 Å². The van der Waals surface area contributed by atoms with Gasteiger partial charge in [0.25, 0.3) is 5.91 Å². The normalized spacial score (nSPS) is 12.0. The van der Waals surface area contributed by atoms with E-state index in [4.69, 9.17) is 4.74 Å². The minimum Gasteiger partial charge on any atom is -0.477 e. The number of halogens is 1. The quantitative estimate of drug-likeness (QED) is 0.435. The maximum absolute atomic E-state index is 13.3. The van der Waals surface area contributed by atoms with Crippen molar-refractivity contribution in [1.29, 1.82) is 0 Å². The van der Waals surface area contributed by atoms with E-state index < -0.39 is 0 Å². The second-order valence-electron chi connectivity index (χ2n) is 7.58. The predicted molar refractivity (Wildman–Crippen MR) is 120 cm³/mol. The van der Waals surface area contributed by atoms with E-state index in [9.17, 15) is 9.18 Å². The van der Waals surface area contributed by atoms with Crippen LogP contribution in [0.1, 0.15) is 30.0 Å². The third kappa shape index (κ3) is 4.91. The van der Waals surface area contributed by atoms with E-state index in [0.29, 0.717) is 46.9 Å². The van der Waals surface area contributed by atoms with Crippen molar-refractivity contribution < 1.29 is 13.9 Å². The van der Waals surface area contributed by atoms with Crippen molar-refractivity contribution in [3.05, 3.63) is 72.1 Å². The summed E-state index contributed by atoms with van der Waals surface area (Å²) >= 11 is 0. The van der Waals surface area contributed by atoms with Gasteiger partial charge in [0.1, 0.15) is 11.6 Å². The van der Waals surface area contributed by atoms with Crippen LogP contribution < -0.4 is 10.1 Å². The Morgan fingerprint density at radius 2 is 2.00 bits per heavy atom. The van der Waals surface area contributed by atoms with Gasteiger partial charge >= 0.3 is 0 Å². The Balaban J connectivity index is 1.57. The van der Waals surface area contributed by atoms with E-state index in [-0.39, 0.29) is 17.6 Å². The highest BCUT2D eigenvalue weighted by molar-refractivity contribution is 5.98. The molecular weight excluding hydrogens is 409 g/mol. The summed E-state index contributed by atoms with van der Waals surface area (Å²) in [7, 11) is 0. The Bertz CT molecular complexity index is 1210. The zero-order valence-electron chi connectivity index (χ0n) is 17.9. The molecule has 7 nitrogen and oxygen atoms in total. The number of benzene rings is 2. The number of nitrogens with one attached hydrogen (secondary N) is 2. The fraction of sp³-hybridized carbons (Fsp3) is 0.250. The van der Waals surface area contributed by atoms with Gasteiger partial charge in [-0.15, -0.1) is 0 Å². The minimum atomic E-state index is -0.334. The lowest BCUT2D eigenvalue weighted by atomic mass is 10.1. The first-order chi connectivity index (χ1) is 15.5. The highest BCUT2D eigenvalue weighted by Gasteiger charge is 2.15. The van der Waals surface area contributed by atoms with Crippen molar-refractivity contribution in [3.63, 3.8) is 0 Å². The Morgan fingerprint density at radius 3 is 2.72 bits per heavy atom. The van der Waals surface area contributed by atoms with Crippen LogP contribution in [0.3, 0.4) is 0 Å². The third-order valence-corrected chi connectivity index (χ3v) is 5.02. The number of aromatic amines is 1. The van der Waals surface area contributed by atoms with Gasteiger partial charge in [0.2, 0.25) is 5.88 Å². The number of hydrogen-bond donors (Lipinski definition) is 2. The first-order valence-electron chi connectivity index (χ1n) is 10.5. The summed E-state index contributed by atoms with van der Waals surface area (Å²) < 4.78 is 19.0. The van der Waals surface area contributed by atoms with Gasteiger partial charge in [-0.05, 0) is 55.3 Å². The summed E-state index contributed by atoms with van der Waals surface area (Å²) in [6, 6.07) is 11.2. The molecule has 0 bridgehead atoms. The molecule has 0 saturated carbocycles. The van der Waals surface area contributed by atoms with Crippen molar-refractivity contribution in [2.75, 3.05) is 13.2 Å². The van der Waals surface area contributed by atoms with Crippen LogP contribution in [-0.2, 0) is 6.42 Å². The molecule has 32 heavy (non-hydrogen) atoms. The summed E-state index contributed by atoms with van der Waals surface area (Å²) in [5.41, 5.74) is 1.74. The third-order valence-electron chi connectivity index (χ3n) is 5.02. The van der Waals surface area contributed by atoms with Gasteiger partial charge in [-0.1, -0.05) is 6.92 Å². The van der Waals surface area contributed by atoms with Crippen molar-refractivity contribution >= 4 is 16.8 Å². The molecule has 1 atom stereocenters. The molecule has 2 aromatic carbocycles. The van der Waals surface area contributed by atoms with E-state index in [0.717, 1.165) is 12.2 Å². The molecule has 0 saturated heterocycles. The summed E-state index contributed by atoms with van der Waals surface area (Å²) in [6.45, 7) is 4.88. The fourth-order valence-corrected chi connectivity index (χ4v) is 3.40. The van der Waals surface area contributed by atoms with Gasteiger partial charge in [-0.2, -0.15) is 4.98 Å². The zero-order chi connectivity index (χ0) is 22.5. The summed E-state index contributed by atoms with van der Waals surface area (Å²) in [5.74, 6) is 1.44. The number of aromatic nitrogens is 4. The topological polar surface area (TPSA) is 92.8 Å². The van der Waals surface area contributed by atoms with E-state index >= 15 is 0 Å². The molecule has 2 heterocycles. The van der Waals surface area contributed by atoms with Crippen molar-refractivity contribution in [2.45, 2.75) is 20.3 Å². The largest absolute Gasteiger partial charge is 0.477 e. The van der Waals surface area contributed by atoms with Crippen LogP contribution in [0.2, 0.25) is 0 Å². The first kappa shape index (κ1) is 21.4. The number of H-pyrrole nitrogens is 1. The Hall–Kier alpha value is -3.81. The zero-order valence-corrected chi connectivity index (χ0v) is 17.9. The number of carbonyl (C=O) groups is 1. The van der Waals surface area contributed by atoms with E-state index in [1.807, 2.05) is 6.92 Å². The molecule has 0 fully saturated rings. The molecule has 2 N–H and O–H groups in total. The predicted octanol–water partition coefficient (Wildman–Crippen LogP) is 4.17. The lowest BCUT2D eigenvalue weighted by Crippen LogP contribution is -2.29. The molecule has 0 spiro atoms. The summed E-state index contributed by atoms with van der Waals surface area (Å²) in [4.78, 5) is 29.1. The van der Waals surface area contributed by atoms with E-state index in [1.54, 1.807) is 42.7 Å². The second kappa shape index (κ2) is 9.55. The van der Waals surface area contributed by atoms with Crippen LogP contribution in [-0.4, -0.2) is 39.0 Å². The number of fused-ring (bicyclic) bond motifs is 1. The van der Waals surface area contributed by atoms with Crippen LogP contribution >= 0.6 is 0 Å². The molecule has 164 valence electrons. The van der Waals surface area contributed by atoms with Crippen molar-refractivity contribution in [3.8, 4) is 17.3 Å². The van der Waals surface area contributed by atoms with Crippen LogP contribution in [0.25, 0.3) is 22.3 Å². The maximum atomic E-state index is 13.3. The monoisotopic (exact) mass is 433 g/mol. The average molecular weight is 433 g/mol. The molecular formula is C24H24FN5O2. The number of ether oxygens (including phenoxy) is 1. The van der Waals surface area contributed by atoms with Gasteiger partial charge in [-0.3, -0.25) is 4.79 Å². The molecule has 0 aliphatic carbocycles. The lowest BCUT2D eigenvalue weighted by molar-refractivity contribution is 0.0948. The molecule has 0 aliphatic heterocycles. The molecule has 0 radical (unpaired) electrons. The highest BCUT2D eigenvalue weighted by atomic mass is 19.1. The van der Waals surface area contributed by atoms with Crippen LogP contribution in [0, 0.1) is 11.7 Å². The molecule has 8 heteroatoms. The lowest BCUT2D eigenvalue weighted by Gasteiger charge is -2.13. The highest BCUT2D eigenvalue weighted by Crippen LogP contribution is 2.27. The maximum Gasteiger partial charge on any atom is 0.251 e. The number of nitrogens with zero attached hydrogens (tertiary/aromatic N) is 3. The van der Waals surface area contributed by atoms with Crippen molar-refractivity contribution in [1.82, 2.24) is 25.3 Å². The average Bonchev–Trinajstić information content (AvgIpc) is 3.30. The van der Waals surface area contributed by atoms with Crippen molar-refractivity contribution in [2.24, 2.45) is 5.92 Å². The molecule has 0 aliphatic rings. The Labute approximate surface area is 185 Å². The van der Waals surface area contributed by atoms with Gasteiger partial charge in [0.15, 0.2) is 5.82 Å². The fourth-order valence-electron chi connectivity index (χ4n) is 3.40. The SMILES string of the molecule is CCOc1nc(-c2ccc(F)cc2)nc2cc(C(=O)NCC(C)Cc3ncc[nH]3)ccc12. The smallest absolute Gasteiger partial charge is 0.251 e. The number of amides is 1.